The number of amides is 1. The van der Waals surface area contributed by atoms with E-state index in [1.165, 1.54) is 5.69 Å². The smallest absolute Gasteiger partial charge is 0.223 e. The second-order valence-corrected chi connectivity index (χ2v) is 6.42. The molecule has 1 unspecified atom stereocenters. The summed E-state index contributed by atoms with van der Waals surface area (Å²) < 4.78 is 0. The van der Waals surface area contributed by atoms with Crippen LogP contribution in [0.4, 0.5) is 5.69 Å². The molecule has 1 saturated heterocycles. The molecule has 114 valence electrons. The predicted molar refractivity (Wildman–Crippen MR) is 85.4 cm³/mol. The van der Waals surface area contributed by atoms with Gasteiger partial charge >= 0.3 is 0 Å². The Morgan fingerprint density at radius 1 is 1.33 bits per heavy atom. The molecule has 1 aromatic rings. The zero-order valence-electron chi connectivity index (χ0n) is 12.8. The van der Waals surface area contributed by atoms with Gasteiger partial charge in [-0.05, 0) is 49.9 Å². The van der Waals surface area contributed by atoms with Crippen molar-refractivity contribution < 1.29 is 4.79 Å². The fourth-order valence-electron chi connectivity index (χ4n) is 3.48. The quantitative estimate of drug-likeness (QED) is 0.865. The third kappa shape index (κ3) is 3.21. The molecule has 2 aliphatic rings. The van der Waals surface area contributed by atoms with E-state index in [2.05, 4.69) is 34.7 Å². The number of anilines is 1. The lowest BCUT2D eigenvalue weighted by atomic mass is 9.92. The van der Waals surface area contributed by atoms with Gasteiger partial charge in [-0.1, -0.05) is 18.2 Å². The van der Waals surface area contributed by atoms with Crippen molar-refractivity contribution in [2.75, 3.05) is 38.1 Å². The Morgan fingerprint density at radius 3 is 2.76 bits per heavy atom. The van der Waals surface area contributed by atoms with E-state index in [9.17, 15) is 4.79 Å². The van der Waals surface area contributed by atoms with Gasteiger partial charge in [0.05, 0.1) is 0 Å². The summed E-state index contributed by atoms with van der Waals surface area (Å²) >= 11 is 0. The Kier molecular flexibility index (Phi) is 4.15. The van der Waals surface area contributed by atoms with E-state index >= 15 is 0 Å². The summed E-state index contributed by atoms with van der Waals surface area (Å²) in [5, 5.41) is 6.49. The zero-order chi connectivity index (χ0) is 14.7. The largest absolute Gasteiger partial charge is 0.373 e. The number of hydrogen-bond donors (Lipinski definition) is 2. The summed E-state index contributed by atoms with van der Waals surface area (Å²) in [4.78, 5) is 14.4. The highest BCUT2D eigenvalue weighted by Gasteiger charge is 2.57. The minimum atomic E-state index is 0.262. The van der Waals surface area contributed by atoms with E-state index in [4.69, 9.17) is 0 Å². The van der Waals surface area contributed by atoms with E-state index in [0.29, 0.717) is 5.41 Å². The summed E-state index contributed by atoms with van der Waals surface area (Å²) in [6.45, 7) is 3.70. The topological polar surface area (TPSA) is 44.4 Å². The molecule has 1 atom stereocenters. The molecule has 0 radical (unpaired) electrons. The van der Waals surface area contributed by atoms with Gasteiger partial charge in [0.2, 0.25) is 5.91 Å². The number of hydrogen-bond acceptors (Lipinski definition) is 3. The molecule has 4 nitrogen and oxygen atoms in total. The number of likely N-dealkylation sites (N-methyl/N-ethyl adjacent to an activating group) is 1. The van der Waals surface area contributed by atoms with Crippen LogP contribution in [0.25, 0.3) is 0 Å². The summed E-state index contributed by atoms with van der Waals surface area (Å²) in [5.74, 6) is 0.528. The summed E-state index contributed by atoms with van der Waals surface area (Å²) in [5.41, 5.74) is 1.52. The highest BCUT2D eigenvalue weighted by molar-refractivity contribution is 5.82. The Balaban J connectivity index is 1.41. The average molecular weight is 287 g/mol. The van der Waals surface area contributed by atoms with Gasteiger partial charge in [-0.25, -0.2) is 0 Å². The first-order chi connectivity index (χ1) is 10.2. The lowest BCUT2D eigenvalue weighted by Gasteiger charge is -2.23. The van der Waals surface area contributed by atoms with Crippen molar-refractivity contribution in [3.8, 4) is 0 Å². The van der Waals surface area contributed by atoms with E-state index < -0.39 is 0 Å². The fraction of sp³-hybridized carbons (Fsp3) is 0.588. The minimum Gasteiger partial charge on any atom is -0.373 e. The van der Waals surface area contributed by atoms with Gasteiger partial charge in [0.25, 0.3) is 0 Å². The molecular formula is C17H25N3O. The number of benzene rings is 1. The van der Waals surface area contributed by atoms with Crippen molar-refractivity contribution in [1.29, 1.82) is 0 Å². The molecule has 1 aliphatic carbocycles. The van der Waals surface area contributed by atoms with Crippen LogP contribution in [0.3, 0.4) is 0 Å². The van der Waals surface area contributed by atoms with Gasteiger partial charge in [-0.15, -0.1) is 0 Å². The van der Waals surface area contributed by atoms with Crippen molar-refractivity contribution in [2.45, 2.75) is 19.3 Å². The summed E-state index contributed by atoms with van der Waals surface area (Å²) in [7, 11) is 2.06. The summed E-state index contributed by atoms with van der Waals surface area (Å²) in [6, 6.07) is 10.3. The average Bonchev–Trinajstić information content (AvgIpc) is 3.22. The normalized spacial score (nSPS) is 22.8. The molecule has 1 amide bonds. The highest BCUT2D eigenvalue weighted by atomic mass is 16.2. The molecule has 1 aromatic carbocycles. The molecule has 0 aromatic heterocycles. The molecule has 2 N–H and O–H groups in total. The second-order valence-electron chi connectivity index (χ2n) is 6.42. The predicted octanol–water partition coefficient (Wildman–Crippen LogP) is 1.63. The molecular weight excluding hydrogens is 262 g/mol. The van der Waals surface area contributed by atoms with Gasteiger partial charge in [0, 0.05) is 31.7 Å². The zero-order valence-corrected chi connectivity index (χ0v) is 12.8. The molecule has 2 fully saturated rings. The SMILES string of the molecule is CN(CCNC(=O)C1CC12CCNCC2)c1ccccc1. The number of rotatable bonds is 5. The maximum Gasteiger partial charge on any atom is 0.223 e. The molecule has 3 rings (SSSR count). The van der Waals surface area contributed by atoms with Gasteiger partial charge < -0.3 is 15.5 Å². The summed E-state index contributed by atoms with van der Waals surface area (Å²) in [6.07, 6.45) is 3.42. The van der Waals surface area contributed by atoms with Crippen LogP contribution in [-0.2, 0) is 4.79 Å². The monoisotopic (exact) mass is 287 g/mol. The van der Waals surface area contributed by atoms with Crippen LogP contribution < -0.4 is 15.5 Å². The first-order valence-electron chi connectivity index (χ1n) is 7.96. The molecule has 0 bridgehead atoms. The number of piperidine rings is 1. The lowest BCUT2D eigenvalue weighted by molar-refractivity contribution is -0.123. The maximum absolute atomic E-state index is 12.2. The van der Waals surface area contributed by atoms with E-state index in [1.807, 2.05) is 18.2 Å². The van der Waals surface area contributed by atoms with Crippen molar-refractivity contribution in [2.24, 2.45) is 11.3 Å². The van der Waals surface area contributed by atoms with Crippen molar-refractivity contribution >= 4 is 11.6 Å². The molecule has 1 spiro atoms. The molecule has 1 saturated carbocycles. The Morgan fingerprint density at radius 2 is 2.05 bits per heavy atom. The van der Waals surface area contributed by atoms with Gasteiger partial charge in [0.15, 0.2) is 0 Å². The first kappa shape index (κ1) is 14.4. The number of para-hydroxylation sites is 1. The van der Waals surface area contributed by atoms with Gasteiger partial charge in [0.1, 0.15) is 0 Å². The Bertz CT molecular complexity index is 482. The third-order valence-corrected chi connectivity index (χ3v) is 5.05. The fourth-order valence-corrected chi connectivity index (χ4v) is 3.48. The van der Waals surface area contributed by atoms with Crippen molar-refractivity contribution in [1.82, 2.24) is 10.6 Å². The Hall–Kier alpha value is -1.55. The van der Waals surface area contributed by atoms with Crippen LogP contribution in [0.1, 0.15) is 19.3 Å². The van der Waals surface area contributed by atoms with Crippen LogP contribution in [0.15, 0.2) is 30.3 Å². The lowest BCUT2D eigenvalue weighted by Crippen LogP contribution is -2.36. The van der Waals surface area contributed by atoms with Crippen LogP contribution in [0, 0.1) is 11.3 Å². The van der Waals surface area contributed by atoms with Crippen LogP contribution in [0.2, 0.25) is 0 Å². The van der Waals surface area contributed by atoms with Crippen LogP contribution in [-0.4, -0.2) is 39.1 Å². The highest BCUT2D eigenvalue weighted by Crippen LogP contribution is 2.58. The van der Waals surface area contributed by atoms with Crippen LogP contribution >= 0.6 is 0 Å². The molecule has 1 aliphatic heterocycles. The molecule has 4 heteroatoms. The van der Waals surface area contributed by atoms with Crippen molar-refractivity contribution in [3.05, 3.63) is 30.3 Å². The maximum atomic E-state index is 12.2. The standard InChI is InChI=1S/C17H25N3O/c1-20(14-5-3-2-4-6-14)12-11-19-16(21)15-13-17(15)7-9-18-10-8-17/h2-6,15,18H,7-13H2,1H3,(H,19,21). The minimum absolute atomic E-state index is 0.262. The Labute approximate surface area is 126 Å². The number of carbonyl (C=O) groups is 1. The van der Waals surface area contributed by atoms with E-state index in [0.717, 1.165) is 45.4 Å². The third-order valence-electron chi connectivity index (χ3n) is 5.05. The van der Waals surface area contributed by atoms with Gasteiger partial charge in [-0.2, -0.15) is 0 Å². The molecule has 1 heterocycles. The number of nitrogens with one attached hydrogen (secondary N) is 2. The number of nitrogens with zero attached hydrogens (tertiary/aromatic N) is 1. The first-order valence-corrected chi connectivity index (χ1v) is 7.96. The van der Waals surface area contributed by atoms with Crippen molar-refractivity contribution in [3.63, 3.8) is 0 Å². The van der Waals surface area contributed by atoms with E-state index in [-0.39, 0.29) is 11.8 Å². The number of carbonyl (C=O) groups excluding carboxylic acids is 1. The molecule has 21 heavy (non-hydrogen) atoms. The van der Waals surface area contributed by atoms with Gasteiger partial charge in [-0.3, -0.25) is 4.79 Å². The van der Waals surface area contributed by atoms with Crippen LogP contribution in [0.5, 0.6) is 0 Å². The second kappa shape index (κ2) is 6.06. The van der Waals surface area contributed by atoms with E-state index in [1.54, 1.807) is 0 Å².